The fraction of sp³-hybridized carbons (Fsp3) is 0.933. The van der Waals surface area contributed by atoms with Gasteiger partial charge in [-0.1, -0.05) is 18.5 Å². The first kappa shape index (κ1) is 12.5. The van der Waals surface area contributed by atoms with Crippen molar-refractivity contribution in [3.8, 4) is 0 Å². The topological polar surface area (TPSA) is 35.8 Å². The molecular weight excluding hydrogens is 224 g/mol. The van der Waals surface area contributed by atoms with E-state index in [1.165, 1.54) is 32.2 Å². The summed E-state index contributed by atoms with van der Waals surface area (Å²) in [7, 11) is 0. The molecule has 4 unspecified atom stereocenters. The van der Waals surface area contributed by atoms with Crippen LogP contribution < -0.4 is 0 Å². The number of nitrogens with zero attached hydrogens (tertiary/aromatic N) is 2. The van der Waals surface area contributed by atoms with Gasteiger partial charge in [-0.05, 0) is 43.4 Å². The molecule has 0 amide bonds. The Morgan fingerprint density at radius 3 is 2.83 bits per heavy atom. The first-order valence-electron chi connectivity index (χ1n) is 7.73. The van der Waals surface area contributed by atoms with Crippen LogP contribution in [0.25, 0.3) is 0 Å². The first-order chi connectivity index (χ1) is 8.80. The number of likely N-dealkylation sites (tertiary alicyclic amines) is 1. The summed E-state index contributed by atoms with van der Waals surface area (Å²) in [4.78, 5) is 2.63. The second kappa shape index (κ2) is 5.20. The molecule has 2 aliphatic carbocycles. The highest BCUT2D eigenvalue weighted by Gasteiger charge is 2.40. The predicted molar refractivity (Wildman–Crippen MR) is 73.0 cm³/mol. The molecule has 1 heterocycles. The molecule has 1 N–H and O–H groups in total. The molecule has 1 saturated heterocycles. The van der Waals surface area contributed by atoms with E-state index in [1.807, 2.05) is 0 Å². The molecule has 0 aromatic carbocycles. The van der Waals surface area contributed by atoms with Crippen molar-refractivity contribution in [2.24, 2.45) is 28.8 Å². The van der Waals surface area contributed by atoms with Crippen LogP contribution in [-0.4, -0.2) is 35.5 Å². The Balaban J connectivity index is 1.55. The molecule has 0 spiro atoms. The lowest BCUT2D eigenvalue weighted by Crippen LogP contribution is -2.43. The van der Waals surface area contributed by atoms with E-state index in [-0.39, 0.29) is 0 Å². The van der Waals surface area contributed by atoms with Crippen molar-refractivity contribution >= 4 is 5.71 Å². The Hall–Kier alpha value is -0.570. The normalized spacial score (nSPS) is 42.8. The molecule has 3 fully saturated rings. The minimum absolute atomic E-state index is 0.488. The highest BCUT2D eigenvalue weighted by Crippen LogP contribution is 2.48. The third-order valence-corrected chi connectivity index (χ3v) is 5.63. The van der Waals surface area contributed by atoms with Gasteiger partial charge in [0.05, 0.1) is 5.71 Å². The van der Waals surface area contributed by atoms with E-state index >= 15 is 0 Å². The minimum Gasteiger partial charge on any atom is -0.411 e. The van der Waals surface area contributed by atoms with Crippen molar-refractivity contribution < 1.29 is 5.21 Å². The lowest BCUT2D eigenvalue weighted by Gasteiger charge is -2.36. The molecule has 3 aliphatic rings. The molecule has 2 saturated carbocycles. The van der Waals surface area contributed by atoms with Gasteiger partial charge in [0.2, 0.25) is 0 Å². The number of fused-ring (bicyclic) bond motifs is 2. The van der Waals surface area contributed by atoms with Gasteiger partial charge in [0.15, 0.2) is 0 Å². The molecule has 18 heavy (non-hydrogen) atoms. The van der Waals surface area contributed by atoms with Crippen molar-refractivity contribution in [3.63, 3.8) is 0 Å². The maximum absolute atomic E-state index is 9.02. The van der Waals surface area contributed by atoms with E-state index in [0.717, 1.165) is 49.4 Å². The van der Waals surface area contributed by atoms with E-state index in [9.17, 15) is 0 Å². The molecule has 4 atom stereocenters. The van der Waals surface area contributed by atoms with Gasteiger partial charge in [-0.3, -0.25) is 0 Å². The van der Waals surface area contributed by atoms with Gasteiger partial charge >= 0.3 is 0 Å². The van der Waals surface area contributed by atoms with E-state index in [1.54, 1.807) is 0 Å². The quantitative estimate of drug-likeness (QED) is 0.617. The molecule has 3 heteroatoms. The van der Waals surface area contributed by atoms with Gasteiger partial charge in [-0.2, -0.15) is 0 Å². The summed E-state index contributed by atoms with van der Waals surface area (Å²) < 4.78 is 0. The molecule has 2 bridgehead atoms. The van der Waals surface area contributed by atoms with Crippen LogP contribution in [0.4, 0.5) is 0 Å². The number of hydrogen-bond donors (Lipinski definition) is 1. The zero-order valence-electron chi connectivity index (χ0n) is 11.5. The van der Waals surface area contributed by atoms with Crippen LogP contribution in [0.5, 0.6) is 0 Å². The van der Waals surface area contributed by atoms with Crippen LogP contribution in [0.1, 0.15) is 45.4 Å². The Kier molecular flexibility index (Phi) is 3.60. The van der Waals surface area contributed by atoms with Crippen LogP contribution in [0.15, 0.2) is 5.16 Å². The Morgan fingerprint density at radius 2 is 2.22 bits per heavy atom. The number of rotatable bonds is 3. The van der Waals surface area contributed by atoms with Crippen molar-refractivity contribution in [3.05, 3.63) is 0 Å². The average molecular weight is 250 g/mol. The summed E-state index contributed by atoms with van der Waals surface area (Å²) in [6.07, 6.45) is 8.06. The molecular formula is C15H26N2O. The van der Waals surface area contributed by atoms with Gasteiger partial charge in [0, 0.05) is 32.0 Å². The zero-order chi connectivity index (χ0) is 12.5. The zero-order valence-corrected chi connectivity index (χ0v) is 11.5. The molecule has 3 nitrogen and oxygen atoms in total. The van der Waals surface area contributed by atoms with Gasteiger partial charge < -0.3 is 10.1 Å². The first-order valence-corrected chi connectivity index (χ1v) is 7.73. The number of oxime groups is 1. The highest BCUT2D eigenvalue weighted by molar-refractivity contribution is 5.87. The Morgan fingerprint density at radius 1 is 1.33 bits per heavy atom. The predicted octanol–water partition coefficient (Wildman–Crippen LogP) is 2.98. The summed E-state index contributed by atoms with van der Waals surface area (Å²) in [5.74, 6) is 3.54. The summed E-state index contributed by atoms with van der Waals surface area (Å²) in [6, 6.07) is 0. The smallest absolute Gasteiger partial charge is 0.0627 e. The van der Waals surface area contributed by atoms with Crippen LogP contribution in [0.2, 0.25) is 0 Å². The van der Waals surface area contributed by atoms with E-state index < -0.39 is 0 Å². The SMILES string of the molecule is CCC1CN(CC2CC3CCC2C3)CCC1=NO. The monoisotopic (exact) mass is 250 g/mol. The second-order valence-corrected chi connectivity index (χ2v) is 6.64. The number of piperidine rings is 1. The van der Waals surface area contributed by atoms with Crippen molar-refractivity contribution in [1.82, 2.24) is 4.90 Å². The van der Waals surface area contributed by atoms with E-state index in [2.05, 4.69) is 17.0 Å². The third kappa shape index (κ3) is 2.29. The van der Waals surface area contributed by atoms with Gasteiger partial charge in [0.1, 0.15) is 0 Å². The van der Waals surface area contributed by atoms with Gasteiger partial charge in [-0.15, -0.1) is 0 Å². The Bertz CT molecular complexity index is 328. The van der Waals surface area contributed by atoms with Gasteiger partial charge in [0.25, 0.3) is 0 Å². The summed E-state index contributed by atoms with van der Waals surface area (Å²) in [5, 5.41) is 12.5. The van der Waals surface area contributed by atoms with E-state index in [0.29, 0.717) is 5.92 Å². The summed E-state index contributed by atoms with van der Waals surface area (Å²) >= 11 is 0. The fourth-order valence-electron chi connectivity index (χ4n) is 4.58. The van der Waals surface area contributed by atoms with Crippen LogP contribution in [0, 0.1) is 23.7 Å². The molecule has 1 aliphatic heterocycles. The summed E-state index contributed by atoms with van der Waals surface area (Å²) in [5.41, 5.74) is 1.03. The molecule has 0 aromatic rings. The van der Waals surface area contributed by atoms with Crippen LogP contribution in [0.3, 0.4) is 0 Å². The van der Waals surface area contributed by atoms with Crippen molar-refractivity contribution in [2.75, 3.05) is 19.6 Å². The maximum atomic E-state index is 9.02. The average Bonchev–Trinajstić information content (AvgIpc) is 3.01. The molecule has 0 radical (unpaired) electrons. The number of hydrogen-bond acceptors (Lipinski definition) is 3. The second-order valence-electron chi connectivity index (χ2n) is 6.64. The lowest BCUT2D eigenvalue weighted by molar-refractivity contribution is 0.167. The van der Waals surface area contributed by atoms with E-state index in [4.69, 9.17) is 5.21 Å². The molecule has 3 rings (SSSR count). The summed E-state index contributed by atoms with van der Waals surface area (Å²) in [6.45, 7) is 5.72. The van der Waals surface area contributed by atoms with Crippen molar-refractivity contribution in [2.45, 2.75) is 45.4 Å². The Labute approximate surface area is 110 Å². The molecule has 102 valence electrons. The standard InChI is InChI=1S/C15H26N2O/c1-2-12-9-17(6-5-15(12)16-18)10-14-8-11-3-4-13(14)7-11/h11-14,18H,2-10H2,1H3. The van der Waals surface area contributed by atoms with Crippen LogP contribution in [-0.2, 0) is 0 Å². The molecule has 0 aromatic heterocycles. The lowest BCUT2D eigenvalue weighted by atomic mass is 9.86. The van der Waals surface area contributed by atoms with Crippen molar-refractivity contribution in [1.29, 1.82) is 0 Å². The fourth-order valence-corrected chi connectivity index (χ4v) is 4.58. The maximum Gasteiger partial charge on any atom is 0.0627 e. The third-order valence-electron chi connectivity index (χ3n) is 5.63. The minimum atomic E-state index is 0.488. The highest BCUT2D eigenvalue weighted by atomic mass is 16.4. The van der Waals surface area contributed by atoms with Gasteiger partial charge in [-0.25, -0.2) is 0 Å². The largest absolute Gasteiger partial charge is 0.411 e. The van der Waals surface area contributed by atoms with Crippen LogP contribution >= 0.6 is 0 Å².